The van der Waals surface area contributed by atoms with Crippen LogP contribution in [0.5, 0.6) is 5.75 Å². The van der Waals surface area contributed by atoms with Crippen LogP contribution in [0, 0.1) is 0 Å². The number of halogens is 1. The summed E-state index contributed by atoms with van der Waals surface area (Å²) in [6, 6.07) is 6.69. The number of alkyl halides is 1. The van der Waals surface area contributed by atoms with E-state index in [1.54, 1.807) is 51.1 Å². The van der Waals surface area contributed by atoms with E-state index in [-0.39, 0.29) is 12.7 Å². The third-order valence-corrected chi connectivity index (χ3v) is 6.53. The highest BCUT2D eigenvalue weighted by molar-refractivity contribution is 7.52. The molecule has 166 valence electrons. The molecule has 1 aliphatic heterocycles. The number of methoxy groups -OCH3 is 1. The lowest BCUT2D eigenvalue weighted by Gasteiger charge is -2.28. The van der Waals surface area contributed by atoms with Crippen molar-refractivity contribution in [1.29, 1.82) is 0 Å². The summed E-state index contributed by atoms with van der Waals surface area (Å²) in [6.07, 6.45) is -1.63. The largest absolute Gasteiger partial charge is 0.462 e. The van der Waals surface area contributed by atoms with Gasteiger partial charge >= 0.3 is 13.7 Å². The molecule has 0 saturated carbocycles. The SMILES string of the molecule is [B][C@@H]1O[C@H](COP(=O)(N[C@H](C)C(=O)OC(C)C)Oc2ccccc2)[C@@H](OC)[C@@]1(C)Cl. The Morgan fingerprint density at radius 1 is 1.33 bits per heavy atom. The van der Waals surface area contributed by atoms with Crippen LogP contribution in [0.4, 0.5) is 0 Å². The quantitative estimate of drug-likeness (QED) is 0.247. The van der Waals surface area contributed by atoms with Crippen LogP contribution in [0.3, 0.4) is 0 Å². The van der Waals surface area contributed by atoms with Gasteiger partial charge in [-0.1, -0.05) is 18.2 Å². The van der Waals surface area contributed by atoms with Gasteiger partial charge < -0.3 is 18.7 Å². The van der Waals surface area contributed by atoms with Crippen molar-refractivity contribution in [3.63, 3.8) is 0 Å². The van der Waals surface area contributed by atoms with Crippen LogP contribution in [-0.2, 0) is 28.1 Å². The fraction of sp³-hybridized carbons (Fsp3) is 0.632. The van der Waals surface area contributed by atoms with Gasteiger partial charge in [-0.3, -0.25) is 9.32 Å². The number of nitrogens with one attached hydrogen (secondary N) is 1. The molecule has 8 nitrogen and oxygen atoms in total. The molecule has 0 aromatic heterocycles. The van der Waals surface area contributed by atoms with Gasteiger partial charge in [-0.15, -0.1) is 11.6 Å². The molecule has 1 fully saturated rings. The second-order valence-corrected chi connectivity index (χ2v) is 9.94. The monoisotopic (exact) mass is 459 g/mol. The van der Waals surface area contributed by atoms with E-state index in [2.05, 4.69) is 5.09 Å². The van der Waals surface area contributed by atoms with Gasteiger partial charge in [0.25, 0.3) is 0 Å². The first kappa shape index (κ1) is 25.2. The summed E-state index contributed by atoms with van der Waals surface area (Å²) in [5.41, 5.74) is 0. The van der Waals surface area contributed by atoms with Crippen LogP contribution < -0.4 is 9.61 Å². The van der Waals surface area contributed by atoms with Crippen LogP contribution in [0.2, 0.25) is 0 Å². The van der Waals surface area contributed by atoms with Crippen molar-refractivity contribution < 1.29 is 32.6 Å². The Bertz CT molecular complexity index is 752. The lowest BCUT2D eigenvalue weighted by molar-refractivity contribution is -0.149. The first-order valence-corrected chi connectivity index (χ1v) is 11.5. The Morgan fingerprint density at radius 3 is 2.53 bits per heavy atom. The van der Waals surface area contributed by atoms with E-state index in [1.165, 1.54) is 14.0 Å². The molecule has 11 heteroatoms. The standard InChI is InChI=1S/C19H28BClNO7P/c1-12(2)27-17(23)13(3)22-30(24,29-14-9-7-6-8-10-14)26-11-15-16(25-5)19(4,21)18(20)28-15/h6-10,12-13,15-16,18H,11H2,1-5H3,(H,22,24)/t13-,15-,16-,18-,19-,30?/m1/s1. The summed E-state index contributed by atoms with van der Waals surface area (Å²) in [5.74, 6) is -0.292. The summed E-state index contributed by atoms with van der Waals surface area (Å²) < 4.78 is 40.8. The van der Waals surface area contributed by atoms with Crippen molar-refractivity contribution in [2.45, 2.75) is 62.9 Å². The van der Waals surface area contributed by atoms with Crippen molar-refractivity contribution in [2.75, 3.05) is 13.7 Å². The lowest BCUT2D eigenvalue weighted by atomic mass is 9.85. The summed E-state index contributed by atoms with van der Waals surface area (Å²) in [7, 11) is 3.39. The van der Waals surface area contributed by atoms with Gasteiger partial charge in [0.1, 0.15) is 31.8 Å². The lowest BCUT2D eigenvalue weighted by Crippen LogP contribution is -2.43. The Kier molecular flexibility index (Phi) is 8.80. The zero-order valence-corrected chi connectivity index (χ0v) is 19.4. The number of hydrogen-bond donors (Lipinski definition) is 1. The highest BCUT2D eigenvalue weighted by Gasteiger charge is 2.51. The maximum absolute atomic E-state index is 13.5. The molecule has 0 aliphatic carbocycles. The van der Waals surface area contributed by atoms with Crippen LogP contribution >= 0.6 is 19.3 Å². The fourth-order valence-corrected chi connectivity index (χ4v) is 4.72. The molecule has 30 heavy (non-hydrogen) atoms. The molecule has 1 unspecified atom stereocenters. The van der Waals surface area contributed by atoms with Gasteiger partial charge in [0, 0.05) is 13.1 Å². The summed E-state index contributed by atoms with van der Waals surface area (Å²) >= 11 is 6.43. The molecule has 2 radical (unpaired) electrons. The minimum Gasteiger partial charge on any atom is -0.462 e. The molecule has 1 saturated heterocycles. The molecule has 1 aromatic rings. The molecule has 0 amide bonds. The molecule has 1 N–H and O–H groups in total. The van der Waals surface area contributed by atoms with Crippen LogP contribution in [-0.4, -0.2) is 62.8 Å². The van der Waals surface area contributed by atoms with E-state index in [0.29, 0.717) is 5.75 Å². The average Bonchev–Trinajstić information content (AvgIpc) is 2.88. The Balaban J connectivity index is 2.15. The van der Waals surface area contributed by atoms with Gasteiger partial charge in [0.2, 0.25) is 0 Å². The van der Waals surface area contributed by atoms with E-state index in [1.807, 2.05) is 0 Å². The maximum Gasteiger partial charge on any atom is 0.459 e. The summed E-state index contributed by atoms with van der Waals surface area (Å²) in [6.45, 7) is 6.43. The first-order valence-electron chi connectivity index (χ1n) is 9.58. The molecule has 2 rings (SSSR count). The van der Waals surface area contributed by atoms with E-state index < -0.39 is 42.8 Å². The van der Waals surface area contributed by atoms with Crippen LogP contribution in [0.15, 0.2) is 30.3 Å². The number of carbonyl (C=O) groups excluding carboxylic acids is 1. The van der Waals surface area contributed by atoms with Crippen LogP contribution in [0.1, 0.15) is 27.7 Å². The molecule has 0 spiro atoms. The van der Waals surface area contributed by atoms with Gasteiger partial charge in [-0.2, -0.15) is 5.09 Å². The summed E-state index contributed by atoms with van der Waals surface area (Å²) in [5, 5.41) is 2.61. The summed E-state index contributed by atoms with van der Waals surface area (Å²) in [4.78, 5) is 11.2. The zero-order chi connectivity index (χ0) is 22.5. The molecule has 1 heterocycles. The number of esters is 1. The van der Waals surface area contributed by atoms with E-state index in [9.17, 15) is 9.36 Å². The van der Waals surface area contributed by atoms with Gasteiger partial charge in [0.15, 0.2) is 0 Å². The fourth-order valence-electron chi connectivity index (χ4n) is 2.93. The molecule has 1 aromatic carbocycles. The zero-order valence-electron chi connectivity index (χ0n) is 17.7. The highest BCUT2D eigenvalue weighted by Crippen LogP contribution is 2.46. The number of ether oxygens (including phenoxy) is 3. The maximum atomic E-state index is 13.5. The van der Waals surface area contributed by atoms with Gasteiger partial charge in [-0.05, 0) is 39.8 Å². The third-order valence-electron chi connectivity index (χ3n) is 4.46. The second-order valence-electron chi connectivity index (χ2n) is 7.44. The Hall–Kier alpha value is -1.09. The van der Waals surface area contributed by atoms with Crippen molar-refractivity contribution in [2.24, 2.45) is 0 Å². The minimum atomic E-state index is -4.02. The number of rotatable bonds is 10. The Labute approximate surface area is 183 Å². The normalized spacial score (nSPS) is 29.4. The number of hydrogen-bond acceptors (Lipinski definition) is 7. The highest BCUT2D eigenvalue weighted by atomic mass is 35.5. The third kappa shape index (κ3) is 6.46. The van der Waals surface area contributed by atoms with Crippen LogP contribution in [0.25, 0.3) is 0 Å². The predicted octanol–water partition coefficient (Wildman–Crippen LogP) is 3.03. The molecule has 1 aliphatic rings. The topological polar surface area (TPSA) is 92.3 Å². The number of benzene rings is 1. The second kappa shape index (κ2) is 10.5. The molecule has 6 atom stereocenters. The van der Waals surface area contributed by atoms with Crippen molar-refractivity contribution in [1.82, 2.24) is 5.09 Å². The smallest absolute Gasteiger partial charge is 0.459 e. The average molecular weight is 460 g/mol. The van der Waals surface area contributed by atoms with E-state index in [4.69, 9.17) is 42.7 Å². The molecule has 0 bridgehead atoms. The van der Waals surface area contributed by atoms with Gasteiger partial charge in [-0.25, -0.2) is 4.57 Å². The number of carbonyl (C=O) groups is 1. The molecular weight excluding hydrogens is 431 g/mol. The molecular formula is C19H28BClNO7P. The van der Waals surface area contributed by atoms with Crippen molar-refractivity contribution >= 4 is 33.2 Å². The predicted molar refractivity (Wildman–Crippen MR) is 114 cm³/mol. The van der Waals surface area contributed by atoms with Crippen molar-refractivity contribution in [3.05, 3.63) is 30.3 Å². The first-order chi connectivity index (χ1) is 14.0. The van der Waals surface area contributed by atoms with Crippen molar-refractivity contribution in [3.8, 4) is 5.75 Å². The minimum absolute atomic E-state index is 0.197. The Morgan fingerprint density at radius 2 is 1.97 bits per heavy atom. The number of para-hydroxylation sites is 1. The van der Waals surface area contributed by atoms with Gasteiger partial charge in [0.05, 0.1) is 17.6 Å². The van der Waals surface area contributed by atoms with E-state index in [0.717, 1.165) is 0 Å². The van der Waals surface area contributed by atoms with E-state index >= 15 is 0 Å².